The molecular formula is C5H6O3. The number of hydrogen-bond donors (Lipinski definition) is 0. The second-order valence-electron chi connectivity index (χ2n) is 1.13. The summed E-state index contributed by atoms with van der Waals surface area (Å²) in [6.45, 7) is 4.22. The molecule has 0 radical (unpaired) electrons. The molecule has 3 heteroatoms. The molecule has 0 atom stereocenters. The van der Waals surface area contributed by atoms with Crippen molar-refractivity contribution in [3.63, 3.8) is 0 Å². The first-order valence-corrected chi connectivity index (χ1v) is 2.01. The topological polar surface area (TPSA) is 43.4 Å². The molecule has 0 saturated carbocycles. The fourth-order valence-electron chi connectivity index (χ4n) is 0.159. The number of hydrogen-bond acceptors (Lipinski definition) is 3. The molecule has 0 aliphatic rings. The van der Waals surface area contributed by atoms with Gasteiger partial charge in [-0.15, -0.1) is 0 Å². The van der Waals surface area contributed by atoms with E-state index in [1.807, 2.05) is 0 Å². The second kappa shape index (κ2) is 2.96. The monoisotopic (exact) mass is 114 g/mol. The lowest BCUT2D eigenvalue weighted by atomic mass is 10.5. The standard InChI is InChI=1S/C5H6O3/c1-3-8-5(7)4(2)6/h3H,1H2,2H3. The van der Waals surface area contributed by atoms with Gasteiger partial charge in [0.2, 0.25) is 5.78 Å². The van der Waals surface area contributed by atoms with Gasteiger partial charge in [0, 0.05) is 6.92 Å². The SMILES string of the molecule is C=COC(=O)C(C)=O. The zero-order chi connectivity index (χ0) is 6.57. The highest BCUT2D eigenvalue weighted by atomic mass is 16.5. The molecule has 0 fully saturated rings. The van der Waals surface area contributed by atoms with Crippen LogP contribution in [0.15, 0.2) is 12.8 Å². The Balaban J connectivity index is 3.65. The molecule has 0 N–H and O–H groups in total. The maximum Gasteiger partial charge on any atom is 0.379 e. The van der Waals surface area contributed by atoms with Crippen LogP contribution in [0.3, 0.4) is 0 Å². The van der Waals surface area contributed by atoms with E-state index >= 15 is 0 Å². The van der Waals surface area contributed by atoms with Crippen LogP contribution in [0.5, 0.6) is 0 Å². The van der Waals surface area contributed by atoms with Crippen molar-refractivity contribution in [2.45, 2.75) is 6.92 Å². The number of rotatable bonds is 2. The summed E-state index contributed by atoms with van der Waals surface area (Å²) in [6.07, 6.45) is 0.920. The molecule has 0 amide bonds. The van der Waals surface area contributed by atoms with Crippen LogP contribution >= 0.6 is 0 Å². The Bertz CT molecular complexity index is 126. The van der Waals surface area contributed by atoms with Crippen molar-refractivity contribution in [3.8, 4) is 0 Å². The van der Waals surface area contributed by atoms with Crippen LogP contribution in [-0.2, 0) is 14.3 Å². The molecule has 0 rings (SSSR count). The Kier molecular flexibility index (Phi) is 2.54. The van der Waals surface area contributed by atoms with Crippen LogP contribution in [0.25, 0.3) is 0 Å². The molecule has 8 heavy (non-hydrogen) atoms. The van der Waals surface area contributed by atoms with Gasteiger partial charge in [-0.3, -0.25) is 4.79 Å². The highest BCUT2D eigenvalue weighted by Crippen LogP contribution is 1.77. The Labute approximate surface area is 46.9 Å². The highest BCUT2D eigenvalue weighted by Gasteiger charge is 2.04. The highest BCUT2D eigenvalue weighted by molar-refractivity contribution is 6.32. The fraction of sp³-hybridized carbons (Fsp3) is 0.200. The lowest BCUT2D eigenvalue weighted by molar-refractivity contribution is -0.148. The maximum atomic E-state index is 10.1. The van der Waals surface area contributed by atoms with Gasteiger partial charge in [-0.05, 0) is 0 Å². The average molecular weight is 114 g/mol. The third-order valence-electron chi connectivity index (χ3n) is 0.478. The first kappa shape index (κ1) is 6.88. The van der Waals surface area contributed by atoms with Crippen molar-refractivity contribution in [3.05, 3.63) is 12.8 Å². The summed E-state index contributed by atoms with van der Waals surface area (Å²) >= 11 is 0. The minimum atomic E-state index is -0.875. The predicted molar refractivity (Wildman–Crippen MR) is 27.0 cm³/mol. The number of carbonyl (C=O) groups excluding carboxylic acids is 2. The van der Waals surface area contributed by atoms with Gasteiger partial charge in [-0.2, -0.15) is 0 Å². The first-order chi connectivity index (χ1) is 3.68. The van der Waals surface area contributed by atoms with Gasteiger partial charge in [0.25, 0.3) is 0 Å². The molecule has 3 nitrogen and oxygen atoms in total. The average Bonchev–Trinajstić information content (AvgIpc) is 1.67. The van der Waals surface area contributed by atoms with Gasteiger partial charge in [0.1, 0.15) is 0 Å². The molecule has 0 aromatic heterocycles. The maximum absolute atomic E-state index is 10.1. The molecule has 0 aliphatic carbocycles. The van der Waals surface area contributed by atoms with Crippen molar-refractivity contribution >= 4 is 11.8 Å². The number of ketones is 1. The smallest absolute Gasteiger partial charge is 0.379 e. The molecule has 0 aromatic rings. The van der Waals surface area contributed by atoms with Gasteiger partial charge >= 0.3 is 5.97 Å². The van der Waals surface area contributed by atoms with Crippen molar-refractivity contribution < 1.29 is 14.3 Å². The molecule has 44 valence electrons. The molecule has 0 unspecified atom stereocenters. The molecule has 0 heterocycles. The van der Waals surface area contributed by atoms with Gasteiger partial charge in [-0.1, -0.05) is 6.58 Å². The van der Waals surface area contributed by atoms with E-state index in [0.717, 1.165) is 13.2 Å². The van der Waals surface area contributed by atoms with Crippen LogP contribution in [0.1, 0.15) is 6.92 Å². The van der Waals surface area contributed by atoms with Gasteiger partial charge in [0.15, 0.2) is 0 Å². The molecule has 0 aliphatic heterocycles. The number of ether oxygens (including phenoxy) is 1. The first-order valence-electron chi connectivity index (χ1n) is 2.01. The van der Waals surface area contributed by atoms with E-state index in [1.54, 1.807) is 0 Å². The van der Waals surface area contributed by atoms with E-state index in [4.69, 9.17) is 0 Å². The van der Waals surface area contributed by atoms with E-state index in [0.29, 0.717) is 0 Å². The summed E-state index contributed by atoms with van der Waals surface area (Å²) in [7, 11) is 0. The summed E-state index contributed by atoms with van der Waals surface area (Å²) in [5.74, 6) is -1.50. The van der Waals surface area contributed by atoms with Gasteiger partial charge < -0.3 is 4.74 Å². The zero-order valence-electron chi connectivity index (χ0n) is 4.51. The number of carbonyl (C=O) groups is 2. The molecule has 0 saturated heterocycles. The van der Waals surface area contributed by atoms with Gasteiger partial charge in [0.05, 0.1) is 6.26 Å². The summed E-state index contributed by atoms with van der Waals surface area (Å²) < 4.78 is 4.08. The van der Waals surface area contributed by atoms with Crippen LogP contribution in [0, 0.1) is 0 Å². The van der Waals surface area contributed by atoms with Crippen molar-refractivity contribution in [1.29, 1.82) is 0 Å². The molecular weight excluding hydrogens is 108 g/mol. The largest absolute Gasteiger partial charge is 0.429 e. The Morgan fingerprint density at radius 1 is 1.62 bits per heavy atom. The van der Waals surface area contributed by atoms with Crippen molar-refractivity contribution in [2.75, 3.05) is 0 Å². The molecule has 0 bridgehead atoms. The Morgan fingerprint density at radius 3 is 2.25 bits per heavy atom. The minimum Gasteiger partial charge on any atom is -0.429 e. The van der Waals surface area contributed by atoms with E-state index in [-0.39, 0.29) is 0 Å². The fourth-order valence-corrected chi connectivity index (χ4v) is 0.159. The summed E-state index contributed by atoms with van der Waals surface area (Å²) in [5, 5.41) is 0. The minimum absolute atomic E-state index is 0.620. The number of Topliss-reactive ketones (excluding diaryl/α,β-unsaturated/α-hetero) is 1. The molecule has 0 spiro atoms. The third kappa shape index (κ3) is 2.12. The van der Waals surface area contributed by atoms with E-state index in [2.05, 4.69) is 11.3 Å². The summed E-state index contributed by atoms with van der Waals surface area (Å²) in [6, 6.07) is 0. The van der Waals surface area contributed by atoms with Crippen LogP contribution in [0.4, 0.5) is 0 Å². The molecule has 0 aromatic carbocycles. The lowest BCUT2D eigenvalue weighted by Crippen LogP contribution is -2.09. The van der Waals surface area contributed by atoms with Crippen LogP contribution < -0.4 is 0 Å². The van der Waals surface area contributed by atoms with Crippen LogP contribution in [-0.4, -0.2) is 11.8 Å². The summed E-state index contributed by atoms with van der Waals surface area (Å²) in [4.78, 5) is 20.1. The van der Waals surface area contributed by atoms with Crippen molar-refractivity contribution in [1.82, 2.24) is 0 Å². The van der Waals surface area contributed by atoms with Crippen LogP contribution in [0.2, 0.25) is 0 Å². The van der Waals surface area contributed by atoms with E-state index in [1.165, 1.54) is 0 Å². The summed E-state index contributed by atoms with van der Waals surface area (Å²) in [5.41, 5.74) is 0. The lowest BCUT2D eigenvalue weighted by Gasteiger charge is -1.88. The second-order valence-corrected chi connectivity index (χ2v) is 1.13. The van der Waals surface area contributed by atoms with Crippen molar-refractivity contribution in [2.24, 2.45) is 0 Å². The normalized spacial score (nSPS) is 7.62. The predicted octanol–water partition coefficient (Wildman–Crippen LogP) is 0.262. The zero-order valence-corrected chi connectivity index (χ0v) is 4.51. The quantitative estimate of drug-likeness (QED) is 0.294. The number of esters is 1. The Morgan fingerprint density at radius 2 is 2.12 bits per heavy atom. The van der Waals surface area contributed by atoms with E-state index < -0.39 is 11.8 Å². The van der Waals surface area contributed by atoms with Gasteiger partial charge in [-0.25, -0.2) is 4.79 Å². The van der Waals surface area contributed by atoms with E-state index in [9.17, 15) is 9.59 Å². The third-order valence-corrected chi connectivity index (χ3v) is 0.478. The Hall–Kier alpha value is -1.12.